The lowest BCUT2D eigenvalue weighted by atomic mass is 10.2. The second-order valence-electron chi connectivity index (χ2n) is 4.69. The van der Waals surface area contributed by atoms with Gasteiger partial charge in [-0.05, 0) is 18.6 Å². The van der Waals surface area contributed by atoms with Crippen molar-refractivity contribution >= 4 is 23.9 Å². The lowest BCUT2D eigenvalue weighted by Crippen LogP contribution is -2.27. The van der Waals surface area contributed by atoms with E-state index in [9.17, 15) is 9.18 Å². The van der Waals surface area contributed by atoms with Crippen LogP contribution in [0.3, 0.4) is 0 Å². The Balaban J connectivity index is 1.80. The van der Waals surface area contributed by atoms with Crippen molar-refractivity contribution < 1.29 is 9.18 Å². The Labute approximate surface area is 133 Å². The summed E-state index contributed by atoms with van der Waals surface area (Å²) in [5, 5.41) is 3.56. The first-order chi connectivity index (χ1) is 10.7. The predicted octanol–water partition coefficient (Wildman–Crippen LogP) is 3.60. The van der Waals surface area contributed by atoms with Gasteiger partial charge in [0.2, 0.25) is 0 Å². The van der Waals surface area contributed by atoms with E-state index in [1.165, 1.54) is 29.6 Å². The lowest BCUT2D eigenvalue weighted by Gasteiger charge is -2.09. The first kappa shape index (κ1) is 16.2. The molecule has 0 spiro atoms. The van der Waals surface area contributed by atoms with Gasteiger partial charge in [0.1, 0.15) is 5.82 Å². The van der Waals surface area contributed by atoms with E-state index in [-0.39, 0.29) is 17.0 Å². The molecular weight excluding hydrogens is 299 g/mol. The highest BCUT2D eigenvalue weighted by molar-refractivity contribution is 7.99. The summed E-state index contributed by atoms with van der Waals surface area (Å²) in [6.07, 6.45) is 1.31. The molecule has 0 radical (unpaired) electrons. The maximum absolute atomic E-state index is 13.4. The molecule has 0 heterocycles. The number of hydrazone groups is 1. The smallest absolute Gasteiger partial charge is 0.252 e. The molecule has 1 amide bonds. The Morgan fingerprint density at radius 2 is 1.91 bits per heavy atom. The van der Waals surface area contributed by atoms with E-state index in [2.05, 4.69) is 10.5 Å². The molecule has 0 aromatic heterocycles. The molecule has 0 aliphatic rings. The number of halogens is 1. The highest BCUT2D eigenvalue weighted by Crippen LogP contribution is 2.17. The van der Waals surface area contributed by atoms with Crippen LogP contribution < -0.4 is 5.43 Å². The highest BCUT2D eigenvalue weighted by atomic mass is 32.2. The summed E-state index contributed by atoms with van der Waals surface area (Å²) in [4.78, 5) is 11.9. The minimum atomic E-state index is -0.369. The van der Waals surface area contributed by atoms with Crippen LogP contribution in [-0.4, -0.2) is 17.4 Å². The van der Waals surface area contributed by atoms with Crippen molar-refractivity contribution in [1.82, 2.24) is 5.43 Å². The molecule has 2 rings (SSSR count). The van der Waals surface area contributed by atoms with E-state index in [0.29, 0.717) is 5.56 Å². The fourth-order valence-electron chi connectivity index (χ4n) is 1.71. The molecule has 0 saturated carbocycles. The largest absolute Gasteiger partial charge is 0.272 e. The van der Waals surface area contributed by atoms with Crippen LogP contribution in [0.4, 0.5) is 4.39 Å². The zero-order valence-corrected chi connectivity index (χ0v) is 13.0. The molecular formula is C17H17FN2OS. The predicted molar refractivity (Wildman–Crippen MR) is 89.3 cm³/mol. The zero-order valence-electron chi connectivity index (χ0n) is 12.2. The number of hydrogen-bond acceptors (Lipinski definition) is 3. The van der Waals surface area contributed by atoms with Crippen LogP contribution in [0.15, 0.2) is 59.7 Å². The Morgan fingerprint density at radius 3 is 2.64 bits per heavy atom. The molecule has 0 saturated heterocycles. The fraction of sp³-hybridized carbons (Fsp3) is 0.176. The number of carbonyl (C=O) groups is 1. The first-order valence-corrected chi connectivity index (χ1v) is 7.94. The van der Waals surface area contributed by atoms with Crippen molar-refractivity contribution in [3.05, 3.63) is 71.5 Å². The SMILES string of the molecule is C[C@H](SCc1ccccc1)C(=O)N/N=C\c1ccccc1F. The number of nitrogens with zero attached hydrogens (tertiary/aromatic N) is 1. The van der Waals surface area contributed by atoms with Crippen LogP contribution in [0.1, 0.15) is 18.1 Å². The number of amides is 1. The number of hydrogen-bond donors (Lipinski definition) is 1. The normalized spacial score (nSPS) is 12.3. The van der Waals surface area contributed by atoms with Gasteiger partial charge < -0.3 is 0 Å². The molecule has 1 N–H and O–H groups in total. The number of nitrogens with one attached hydrogen (secondary N) is 1. The molecule has 3 nitrogen and oxygen atoms in total. The van der Waals surface area contributed by atoms with Gasteiger partial charge in [-0.1, -0.05) is 48.5 Å². The summed E-state index contributed by atoms with van der Waals surface area (Å²) in [7, 11) is 0. The van der Waals surface area contributed by atoms with Gasteiger partial charge in [0.05, 0.1) is 11.5 Å². The van der Waals surface area contributed by atoms with E-state index in [1.807, 2.05) is 37.3 Å². The van der Waals surface area contributed by atoms with Crippen molar-refractivity contribution in [2.75, 3.05) is 0 Å². The molecule has 0 aliphatic carbocycles. The van der Waals surface area contributed by atoms with Crippen molar-refractivity contribution in [1.29, 1.82) is 0 Å². The molecule has 5 heteroatoms. The van der Waals surface area contributed by atoms with Gasteiger partial charge in [-0.15, -0.1) is 11.8 Å². The van der Waals surface area contributed by atoms with Gasteiger partial charge in [-0.3, -0.25) is 4.79 Å². The summed E-state index contributed by atoms with van der Waals surface area (Å²) >= 11 is 1.53. The monoisotopic (exact) mass is 316 g/mol. The van der Waals surface area contributed by atoms with Crippen molar-refractivity contribution in [3.63, 3.8) is 0 Å². The number of benzene rings is 2. The van der Waals surface area contributed by atoms with Crippen LogP contribution in [0.25, 0.3) is 0 Å². The summed E-state index contributed by atoms with van der Waals surface area (Å²) in [5.41, 5.74) is 3.95. The van der Waals surface area contributed by atoms with Crippen molar-refractivity contribution in [2.24, 2.45) is 5.10 Å². The average molecular weight is 316 g/mol. The van der Waals surface area contributed by atoms with E-state index in [0.717, 1.165) is 5.75 Å². The zero-order chi connectivity index (χ0) is 15.8. The molecule has 2 aromatic carbocycles. The van der Waals surface area contributed by atoms with Gasteiger partial charge in [0, 0.05) is 11.3 Å². The molecule has 2 aromatic rings. The van der Waals surface area contributed by atoms with Gasteiger partial charge in [-0.25, -0.2) is 9.82 Å². The van der Waals surface area contributed by atoms with E-state index >= 15 is 0 Å². The standard InChI is InChI=1S/C17H17FN2OS/c1-13(22-12-14-7-3-2-4-8-14)17(21)20-19-11-15-9-5-6-10-16(15)18/h2-11,13H,12H2,1H3,(H,20,21)/b19-11-/t13-/m0/s1. The second kappa shape index (κ2) is 8.34. The maximum Gasteiger partial charge on any atom is 0.252 e. The van der Waals surface area contributed by atoms with E-state index < -0.39 is 0 Å². The van der Waals surface area contributed by atoms with Crippen LogP contribution in [0.2, 0.25) is 0 Å². The Bertz CT molecular complexity index is 646. The van der Waals surface area contributed by atoms with Crippen LogP contribution in [0, 0.1) is 5.82 Å². The van der Waals surface area contributed by atoms with E-state index in [1.54, 1.807) is 18.2 Å². The summed E-state index contributed by atoms with van der Waals surface area (Å²) in [6, 6.07) is 16.2. The minimum Gasteiger partial charge on any atom is -0.272 e. The molecule has 22 heavy (non-hydrogen) atoms. The molecule has 114 valence electrons. The Kier molecular flexibility index (Phi) is 6.15. The molecule has 0 aliphatic heterocycles. The number of thioether (sulfide) groups is 1. The van der Waals surface area contributed by atoms with E-state index in [4.69, 9.17) is 0 Å². The van der Waals surface area contributed by atoms with Gasteiger partial charge in [-0.2, -0.15) is 5.10 Å². The average Bonchev–Trinajstić information content (AvgIpc) is 2.55. The third-order valence-corrected chi connectivity index (χ3v) is 4.21. The molecule has 0 bridgehead atoms. The third-order valence-electron chi connectivity index (χ3n) is 3.00. The summed E-state index contributed by atoms with van der Waals surface area (Å²) < 4.78 is 13.4. The van der Waals surface area contributed by atoms with Crippen molar-refractivity contribution in [3.8, 4) is 0 Å². The second-order valence-corrected chi connectivity index (χ2v) is 6.02. The quantitative estimate of drug-likeness (QED) is 0.653. The van der Waals surface area contributed by atoms with Crippen LogP contribution in [-0.2, 0) is 10.5 Å². The minimum absolute atomic E-state index is 0.200. The maximum atomic E-state index is 13.4. The number of rotatable bonds is 6. The highest BCUT2D eigenvalue weighted by Gasteiger charge is 2.12. The Morgan fingerprint density at radius 1 is 1.23 bits per heavy atom. The van der Waals surface area contributed by atoms with Gasteiger partial charge in [0.15, 0.2) is 0 Å². The molecule has 0 unspecified atom stereocenters. The topological polar surface area (TPSA) is 41.5 Å². The summed E-state index contributed by atoms with van der Waals surface area (Å²) in [5.74, 6) is 0.187. The summed E-state index contributed by atoms with van der Waals surface area (Å²) in [6.45, 7) is 1.82. The van der Waals surface area contributed by atoms with Crippen LogP contribution >= 0.6 is 11.8 Å². The molecule has 0 fully saturated rings. The lowest BCUT2D eigenvalue weighted by molar-refractivity contribution is -0.120. The Hall–Kier alpha value is -2.14. The van der Waals surface area contributed by atoms with Crippen molar-refractivity contribution in [2.45, 2.75) is 17.9 Å². The third kappa shape index (κ3) is 5.00. The van der Waals surface area contributed by atoms with Crippen LogP contribution in [0.5, 0.6) is 0 Å². The fourth-order valence-corrected chi connectivity index (χ4v) is 2.55. The van der Waals surface area contributed by atoms with Gasteiger partial charge >= 0.3 is 0 Å². The van der Waals surface area contributed by atoms with Gasteiger partial charge in [0.25, 0.3) is 5.91 Å². The first-order valence-electron chi connectivity index (χ1n) is 6.90. The molecule has 1 atom stereocenters. The number of carbonyl (C=O) groups excluding carboxylic acids is 1.